The van der Waals surface area contributed by atoms with Gasteiger partial charge in [0.15, 0.2) is 2.14 Å². The minimum Gasteiger partial charge on any atom is -0.238 e. The molecule has 1 aromatic heterocycles. The average molecular weight is 446 g/mol. The second-order valence-corrected chi connectivity index (χ2v) is 10.9. The molecule has 1 atom stereocenters. The molecule has 0 aliphatic carbocycles. The second kappa shape index (κ2) is 3.88. The molecule has 7 heteroatoms. The van der Waals surface area contributed by atoms with Crippen LogP contribution in [0.2, 0.25) is 0 Å². The van der Waals surface area contributed by atoms with Crippen LogP contribution in [-0.4, -0.2) is 11.9 Å². The van der Waals surface area contributed by atoms with Crippen molar-refractivity contribution < 1.29 is 0 Å². The lowest BCUT2D eigenvalue weighted by molar-refractivity contribution is 0.584. The Balaban J connectivity index is 3.02. The van der Waals surface area contributed by atoms with Gasteiger partial charge in [0.2, 0.25) is 3.91 Å². The zero-order valence-corrected chi connectivity index (χ0v) is 12.6. The molecule has 2 nitrogen and oxygen atoms in total. The Bertz CT molecular complexity index is 253. The largest absolute Gasteiger partial charge is 0.238 e. The Morgan fingerprint density at radius 1 is 1.25 bits per heavy atom. The first-order valence-electron chi connectivity index (χ1n) is 2.80. The topological polar surface area (TPSA) is 17.8 Å². The molecular formula is C5H3Br4ClN2. The maximum absolute atomic E-state index is 6.16. The molecular weight excluding hydrogens is 443 g/mol. The number of aromatic nitrogens is 2. The summed E-state index contributed by atoms with van der Waals surface area (Å²) in [6.07, 6.45) is 3.40. The van der Waals surface area contributed by atoms with Gasteiger partial charge < -0.3 is 0 Å². The number of hydrogen-bond donors (Lipinski definition) is 0. The van der Waals surface area contributed by atoms with E-state index in [4.69, 9.17) is 11.6 Å². The molecule has 0 radical (unpaired) electrons. The van der Waals surface area contributed by atoms with Gasteiger partial charge in [-0.05, 0) is 22.0 Å². The molecule has 0 spiro atoms. The summed E-state index contributed by atoms with van der Waals surface area (Å²) >= 11 is 19.4. The standard InChI is InChI=1S/C5H3Br4ClN2/c6-4(7,8)5(9,10)12-3-1-2-11-12/h1-3H. The van der Waals surface area contributed by atoms with Crippen LogP contribution in [0.5, 0.6) is 0 Å². The van der Waals surface area contributed by atoms with E-state index >= 15 is 0 Å². The Labute approximate surface area is 109 Å². The lowest BCUT2D eigenvalue weighted by atomic mass is 10.7. The van der Waals surface area contributed by atoms with E-state index in [9.17, 15) is 0 Å². The molecule has 0 bridgehead atoms. The van der Waals surface area contributed by atoms with E-state index in [1.54, 1.807) is 23.1 Å². The molecule has 0 aliphatic heterocycles. The highest BCUT2D eigenvalue weighted by Gasteiger charge is 2.45. The molecule has 1 rings (SSSR count). The normalized spacial score (nSPS) is 17.4. The van der Waals surface area contributed by atoms with Gasteiger partial charge in [-0.3, -0.25) is 0 Å². The number of halogens is 5. The monoisotopic (exact) mass is 442 g/mol. The van der Waals surface area contributed by atoms with Gasteiger partial charge in [-0.25, -0.2) is 4.68 Å². The van der Waals surface area contributed by atoms with E-state index in [0.29, 0.717) is 0 Å². The Morgan fingerprint density at radius 2 is 1.83 bits per heavy atom. The van der Waals surface area contributed by atoms with Crippen LogP contribution in [0.25, 0.3) is 0 Å². The predicted molar refractivity (Wildman–Crippen MR) is 64.5 cm³/mol. The summed E-state index contributed by atoms with van der Waals surface area (Å²) < 4.78 is 0.00385. The molecule has 0 saturated heterocycles. The van der Waals surface area contributed by atoms with Crippen molar-refractivity contribution in [3.8, 4) is 0 Å². The Morgan fingerprint density at radius 3 is 2.17 bits per heavy atom. The number of nitrogens with zero attached hydrogens (tertiary/aromatic N) is 2. The quantitative estimate of drug-likeness (QED) is 0.598. The highest BCUT2D eigenvalue weighted by molar-refractivity contribution is 9.40. The van der Waals surface area contributed by atoms with Gasteiger partial charge in [0.25, 0.3) is 0 Å². The fraction of sp³-hybridized carbons (Fsp3) is 0.400. The lowest BCUT2D eigenvalue weighted by Crippen LogP contribution is -2.33. The zero-order valence-electron chi connectivity index (χ0n) is 5.52. The molecule has 1 heterocycles. The van der Waals surface area contributed by atoms with Gasteiger partial charge in [-0.15, -0.1) is 0 Å². The number of rotatable bonds is 1. The van der Waals surface area contributed by atoms with Crippen molar-refractivity contribution in [1.29, 1.82) is 0 Å². The summed E-state index contributed by atoms with van der Waals surface area (Å²) in [6, 6.07) is 1.79. The molecule has 1 unspecified atom stereocenters. The summed E-state index contributed by atoms with van der Waals surface area (Å²) in [5.74, 6) is 0. The molecule has 0 saturated carbocycles. The summed E-state index contributed by atoms with van der Waals surface area (Å²) in [7, 11) is 0. The predicted octanol–water partition coefficient (Wildman–Crippen LogP) is 3.97. The zero-order chi connectivity index (χ0) is 9.41. The Hall–Kier alpha value is 1.42. The van der Waals surface area contributed by atoms with Crippen LogP contribution in [0.3, 0.4) is 0 Å². The molecule has 0 N–H and O–H groups in total. The van der Waals surface area contributed by atoms with Gasteiger partial charge in [0, 0.05) is 12.4 Å². The first-order valence-corrected chi connectivity index (χ1v) is 6.35. The maximum Gasteiger partial charge on any atom is 0.224 e. The van der Waals surface area contributed by atoms with Crippen LogP contribution < -0.4 is 0 Å². The third-order valence-corrected chi connectivity index (χ3v) is 6.55. The van der Waals surface area contributed by atoms with Gasteiger partial charge in [0.05, 0.1) is 0 Å². The van der Waals surface area contributed by atoms with Crippen LogP contribution in [-0.2, 0) is 3.91 Å². The molecule has 0 fully saturated rings. The first kappa shape index (κ1) is 11.5. The molecule has 1 aromatic rings. The van der Waals surface area contributed by atoms with Crippen molar-refractivity contribution in [2.45, 2.75) is 6.05 Å². The van der Waals surface area contributed by atoms with Crippen molar-refractivity contribution in [2.75, 3.05) is 0 Å². The lowest BCUT2D eigenvalue weighted by Gasteiger charge is -2.29. The highest BCUT2D eigenvalue weighted by Crippen LogP contribution is 2.54. The second-order valence-electron chi connectivity index (χ2n) is 1.99. The minimum absolute atomic E-state index is 0.659. The molecule has 0 aromatic carbocycles. The van der Waals surface area contributed by atoms with Crippen molar-refractivity contribution in [3.05, 3.63) is 18.5 Å². The third-order valence-electron chi connectivity index (χ3n) is 1.13. The maximum atomic E-state index is 6.16. The SMILES string of the molecule is ClC(Br)(n1cccn1)C(Br)(Br)Br. The number of hydrogen-bond acceptors (Lipinski definition) is 1. The highest BCUT2D eigenvalue weighted by atomic mass is 80.0. The van der Waals surface area contributed by atoms with Crippen LogP contribution >= 0.6 is 75.3 Å². The van der Waals surface area contributed by atoms with E-state index in [0.717, 1.165) is 0 Å². The smallest absolute Gasteiger partial charge is 0.224 e. The summed E-state index contributed by atoms with van der Waals surface area (Å²) in [6.45, 7) is 0. The molecule has 12 heavy (non-hydrogen) atoms. The van der Waals surface area contributed by atoms with Gasteiger partial charge in [-0.1, -0.05) is 59.4 Å². The van der Waals surface area contributed by atoms with Gasteiger partial charge >= 0.3 is 0 Å². The van der Waals surface area contributed by atoms with Crippen LogP contribution in [0.4, 0.5) is 0 Å². The van der Waals surface area contributed by atoms with Crippen molar-refractivity contribution in [2.24, 2.45) is 0 Å². The number of alkyl halides is 5. The van der Waals surface area contributed by atoms with Crippen molar-refractivity contribution in [1.82, 2.24) is 9.78 Å². The summed E-state index contributed by atoms with van der Waals surface area (Å²) in [5.41, 5.74) is 0. The first-order chi connectivity index (χ1) is 5.36. The molecule has 0 amide bonds. The van der Waals surface area contributed by atoms with E-state index in [-0.39, 0.29) is 0 Å². The van der Waals surface area contributed by atoms with Crippen LogP contribution in [0.15, 0.2) is 18.5 Å². The van der Waals surface area contributed by atoms with E-state index < -0.39 is 6.05 Å². The fourth-order valence-electron chi connectivity index (χ4n) is 0.565. The molecule has 68 valence electrons. The van der Waals surface area contributed by atoms with Crippen molar-refractivity contribution >= 4 is 75.3 Å². The Kier molecular flexibility index (Phi) is 3.72. The minimum atomic E-state index is -0.899. The fourth-order valence-corrected chi connectivity index (χ4v) is 1.42. The molecule has 0 aliphatic rings. The van der Waals surface area contributed by atoms with E-state index in [1.165, 1.54) is 0 Å². The summed E-state index contributed by atoms with van der Waals surface area (Å²) in [4.78, 5) is 0. The van der Waals surface area contributed by atoms with Crippen molar-refractivity contribution in [3.63, 3.8) is 0 Å². The van der Waals surface area contributed by atoms with Crippen LogP contribution in [0.1, 0.15) is 0 Å². The van der Waals surface area contributed by atoms with E-state index in [1.807, 2.05) is 0 Å². The third kappa shape index (κ3) is 2.26. The van der Waals surface area contributed by atoms with Gasteiger partial charge in [0.1, 0.15) is 0 Å². The van der Waals surface area contributed by atoms with E-state index in [2.05, 4.69) is 68.8 Å². The van der Waals surface area contributed by atoms with Crippen LogP contribution in [0, 0.1) is 0 Å². The van der Waals surface area contributed by atoms with Gasteiger partial charge in [-0.2, -0.15) is 5.10 Å². The summed E-state index contributed by atoms with van der Waals surface area (Å²) in [5, 5.41) is 4.00. The average Bonchev–Trinajstić information content (AvgIpc) is 2.34.